The monoisotopic (exact) mass is 579 g/mol. The van der Waals surface area contributed by atoms with Crippen LogP contribution in [0.4, 0.5) is 4.79 Å². The summed E-state index contributed by atoms with van der Waals surface area (Å²) >= 11 is 0. The van der Waals surface area contributed by atoms with E-state index in [0.717, 1.165) is 22.3 Å². The van der Waals surface area contributed by atoms with Gasteiger partial charge in [-0.1, -0.05) is 103 Å². The summed E-state index contributed by atoms with van der Waals surface area (Å²) in [4.78, 5) is 41.4. The largest absolute Gasteiger partial charge is 0.508 e. The van der Waals surface area contributed by atoms with E-state index in [2.05, 4.69) is 5.32 Å². The number of ether oxygens (including phenoxy) is 1. The van der Waals surface area contributed by atoms with Gasteiger partial charge in [-0.3, -0.25) is 9.59 Å². The van der Waals surface area contributed by atoms with E-state index in [1.807, 2.05) is 97.9 Å². The average molecular weight is 580 g/mol. The first-order valence-electron chi connectivity index (χ1n) is 14.3. The Morgan fingerprint density at radius 3 is 1.86 bits per heavy atom. The van der Waals surface area contributed by atoms with E-state index >= 15 is 0 Å². The summed E-state index contributed by atoms with van der Waals surface area (Å²) in [7, 11) is 0. The second-order valence-corrected chi connectivity index (χ2v) is 10.3. The van der Waals surface area contributed by atoms with Crippen molar-refractivity contribution in [2.45, 2.75) is 44.4 Å². The minimum atomic E-state index is -0.964. The quantitative estimate of drug-likeness (QED) is 0.176. The molecule has 8 heteroatoms. The normalized spacial score (nSPS) is 12.2. The molecule has 43 heavy (non-hydrogen) atoms. The van der Waals surface area contributed by atoms with Crippen LogP contribution in [-0.4, -0.2) is 40.5 Å². The Bertz CT molecular complexity index is 1420. The number of carbonyl (C=O) groups excluding carboxylic acids is 3. The summed E-state index contributed by atoms with van der Waals surface area (Å²) in [6, 6.07) is 33.2. The third-order valence-corrected chi connectivity index (χ3v) is 7.36. The Labute approximate surface area is 252 Å². The Balaban J connectivity index is 1.56. The van der Waals surface area contributed by atoms with Gasteiger partial charge in [-0.2, -0.15) is 0 Å². The second-order valence-electron chi connectivity index (χ2n) is 10.3. The molecule has 0 aliphatic heterocycles. The number of nitrogens with zero attached hydrogens (tertiary/aromatic N) is 1. The first-order valence-corrected chi connectivity index (χ1v) is 14.3. The molecule has 0 bridgehead atoms. The topological polar surface area (TPSA) is 122 Å². The smallest absolute Gasteiger partial charge is 0.407 e. The molecule has 0 aliphatic carbocycles. The predicted octanol–water partition coefficient (Wildman–Crippen LogP) is 5.67. The molecule has 2 atom stereocenters. The standard InChI is InChI=1S/C35H37N3O5/c1-25(27-19-21-30(39)22-20-27)38(34(41)32(28-14-7-3-8-15-28)29-16-9-4-10-17-29)31(33(36)40)18-11-23-37-35(42)43-24-26-12-5-2-6-13-26/h2-10,12-17,19-22,25,31-32,39H,11,18,23-24H2,1H3,(H2,36,40)(H,37,42)/t25?,31-/m0/s1. The highest BCUT2D eigenvalue weighted by Crippen LogP contribution is 2.33. The van der Waals surface area contributed by atoms with Crippen LogP contribution in [0.15, 0.2) is 115 Å². The molecule has 0 radical (unpaired) electrons. The summed E-state index contributed by atoms with van der Waals surface area (Å²) in [6.45, 7) is 2.21. The van der Waals surface area contributed by atoms with Crippen molar-refractivity contribution in [2.24, 2.45) is 5.73 Å². The SMILES string of the molecule is CC(c1ccc(O)cc1)N(C(=O)C(c1ccccc1)c1ccccc1)[C@@H](CCCNC(=O)OCc1ccccc1)C(N)=O. The lowest BCUT2D eigenvalue weighted by atomic mass is 9.88. The zero-order valence-corrected chi connectivity index (χ0v) is 24.1. The number of carbonyl (C=O) groups is 3. The number of benzene rings is 4. The third-order valence-electron chi connectivity index (χ3n) is 7.36. The molecule has 4 N–H and O–H groups in total. The van der Waals surface area contributed by atoms with Gasteiger partial charge in [-0.15, -0.1) is 0 Å². The van der Waals surface area contributed by atoms with E-state index in [0.29, 0.717) is 6.42 Å². The highest BCUT2D eigenvalue weighted by atomic mass is 16.5. The predicted molar refractivity (Wildman–Crippen MR) is 165 cm³/mol. The number of rotatable bonds is 13. The Morgan fingerprint density at radius 2 is 1.33 bits per heavy atom. The fourth-order valence-electron chi connectivity index (χ4n) is 5.12. The van der Waals surface area contributed by atoms with Crippen LogP contribution in [0.3, 0.4) is 0 Å². The van der Waals surface area contributed by atoms with Crippen molar-refractivity contribution in [3.63, 3.8) is 0 Å². The van der Waals surface area contributed by atoms with Gasteiger partial charge in [0.25, 0.3) is 0 Å². The van der Waals surface area contributed by atoms with Crippen molar-refractivity contribution in [3.05, 3.63) is 138 Å². The van der Waals surface area contributed by atoms with E-state index in [4.69, 9.17) is 10.5 Å². The molecular formula is C35H37N3O5. The first kappa shape index (κ1) is 30.8. The number of hydrogen-bond donors (Lipinski definition) is 3. The van der Waals surface area contributed by atoms with Gasteiger partial charge in [0.15, 0.2) is 0 Å². The van der Waals surface area contributed by atoms with Crippen molar-refractivity contribution in [1.82, 2.24) is 10.2 Å². The Hall–Kier alpha value is -5.11. The number of phenolic OH excluding ortho intramolecular Hbond substituents is 1. The number of amides is 3. The molecule has 3 amide bonds. The number of nitrogens with one attached hydrogen (secondary N) is 1. The molecule has 0 aromatic heterocycles. The van der Waals surface area contributed by atoms with Crippen molar-refractivity contribution in [3.8, 4) is 5.75 Å². The molecule has 222 valence electrons. The first-order chi connectivity index (χ1) is 20.8. The van der Waals surface area contributed by atoms with Gasteiger partial charge in [0.2, 0.25) is 11.8 Å². The number of alkyl carbamates (subject to hydrolysis) is 1. The summed E-state index contributed by atoms with van der Waals surface area (Å²) < 4.78 is 5.28. The minimum absolute atomic E-state index is 0.0944. The molecule has 4 aromatic rings. The maximum Gasteiger partial charge on any atom is 0.407 e. The van der Waals surface area contributed by atoms with Crippen LogP contribution in [-0.2, 0) is 20.9 Å². The Morgan fingerprint density at radius 1 is 0.791 bits per heavy atom. The molecule has 1 unspecified atom stereocenters. The zero-order valence-electron chi connectivity index (χ0n) is 24.1. The van der Waals surface area contributed by atoms with Gasteiger partial charge in [-0.25, -0.2) is 4.79 Å². The summed E-state index contributed by atoms with van der Waals surface area (Å²) in [6.07, 6.45) is 0.0262. The van der Waals surface area contributed by atoms with Gasteiger partial charge < -0.3 is 25.8 Å². The molecule has 0 heterocycles. The molecule has 0 spiro atoms. The van der Waals surface area contributed by atoms with Crippen LogP contribution in [0.2, 0.25) is 0 Å². The number of primary amides is 1. The van der Waals surface area contributed by atoms with Gasteiger partial charge in [-0.05, 0) is 54.2 Å². The summed E-state index contributed by atoms with van der Waals surface area (Å²) in [5, 5.41) is 12.6. The lowest BCUT2D eigenvalue weighted by Crippen LogP contribution is -2.51. The van der Waals surface area contributed by atoms with Crippen LogP contribution in [0.5, 0.6) is 5.75 Å². The molecule has 0 aliphatic rings. The number of hydrogen-bond acceptors (Lipinski definition) is 5. The van der Waals surface area contributed by atoms with Gasteiger partial charge in [0.05, 0.1) is 12.0 Å². The fraction of sp³-hybridized carbons (Fsp3) is 0.229. The molecule has 0 saturated carbocycles. The molecule has 4 aromatic carbocycles. The molecule has 4 rings (SSSR count). The van der Waals surface area contributed by atoms with Crippen molar-refractivity contribution >= 4 is 17.9 Å². The minimum Gasteiger partial charge on any atom is -0.508 e. The van der Waals surface area contributed by atoms with Crippen LogP contribution in [0.25, 0.3) is 0 Å². The van der Waals surface area contributed by atoms with E-state index in [9.17, 15) is 19.5 Å². The second kappa shape index (κ2) is 15.2. The lowest BCUT2D eigenvalue weighted by Gasteiger charge is -2.38. The van der Waals surface area contributed by atoms with E-state index in [1.165, 1.54) is 0 Å². The maximum absolute atomic E-state index is 14.6. The van der Waals surface area contributed by atoms with Crippen LogP contribution in [0.1, 0.15) is 54.0 Å². The number of nitrogens with two attached hydrogens (primary N) is 1. The molecule has 0 saturated heterocycles. The molecular weight excluding hydrogens is 542 g/mol. The van der Waals surface area contributed by atoms with Gasteiger partial charge >= 0.3 is 6.09 Å². The fourth-order valence-corrected chi connectivity index (χ4v) is 5.12. The highest BCUT2D eigenvalue weighted by Gasteiger charge is 2.37. The van der Waals surface area contributed by atoms with Gasteiger partial charge in [0, 0.05) is 6.54 Å². The van der Waals surface area contributed by atoms with Crippen molar-refractivity contribution in [1.29, 1.82) is 0 Å². The van der Waals surface area contributed by atoms with E-state index in [-0.39, 0.29) is 31.2 Å². The number of aromatic hydroxyl groups is 1. The van der Waals surface area contributed by atoms with Crippen LogP contribution in [0, 0.1) is 0 Å². The zero-order chi connectivity index (χ0) is 30.6. The maximum atomic E-state index is 14.6. The highest BCUT2D eigenvalue weighted by molar-refractivity contribution is 5.92. The lowest BCUT2D eigenvalue weighted by molar-refractivity contribution is -0.142. The van der Waals surface area contributed by atoms with Crippen molar-refractivity contribution < 1.29 is 24.2 Å². The summed E-state index contributed by atoms with van der Waals surface area (Å²) in [5.74, 6) is -1.52. The molecule has 0 fully saturated rings. The van der Waals surface area contributed by atoms with Gasteiger partial charge in [0.1, 0.15) is 18.4 Å². The van der Waals surface area contributed by atoms with Crippen molar-refractivity contribution in [2.75, 3.05) is 6.54 Å². The van der Waals surface area contributed by atoms with E-state index < -0.39 is 30.0 Å². The van der Waals surface area contributed by atoms with Crippen LogP contribution < -0.4 is 11.1 Å². The number of phenols is 1. The van der Waals surface area contributed by atoms with E-state index in [1.54, 1.807) is 29.2 Å². The third kappa shape index (κ3) is 8.45. The van der Waals surface area contributed by atoms with Crippen LogP contribution >= 0.6 is 0 Å². The molecule has 8 nitrogen and oxygen atoms in total. The summed E-state index contributed by atoms with van der Waals surface area (Å²) in [5.41, 5.74) is 9.14. The average Bonchev–Trinajstić information content (AvgIpc) is 3.03. The Kier molecular flexibility index (Phi) is 10.9.